The van der Waals surface area contributed by atoms with Crippen molar-refractivity contribution < 1.29 is 14.3 Å². The quantitative estimate of drug-likeness (QED) is 0.770. The van der Waals surface area contributed by atoms with Crippen LogP contribution in [0, 0.1) is 18.8 Å². The van der Waals surface area contributed by atoms with Crippen molar-refractivity contribution in [2.45, 2.75) is 13.0 Å². The molecule has 2 aliphatic heterocycles. The monoisotopic (exact) mass is 411 g/mol. The summed E-state index contributed by atoms with van der Waals surface area (Å²) in [4.78, 5) is 27.7. The normalized spacial score (nSPS) is 22.8. The molecule has 1 aromatic heterocycles. The number of ether oxygens (including phenoxy) is 2. The van der Waals surface area contributed by atoms with Crippen LogP contribution in [0.1, 0.15) is 17.2 Å². The number of carbonyl (C=O) groups excluding carboxylic acids is 1. The number of rotatable bonds is 4. The SMILES string of the molecule is COc1cc(N2C[C@@H]3CN(C(=O)N(C)C)[C@@H](c4ccccc4C)[C@@H]3C2)nc(OC)n1. The number of hydrogen-bond donors (Lipinski definition) is 0. The molecule has 4 rings (SSSR count). The van der Waals surface area contributed by atoms with Crippen LogP contribution in [0.25, 0.3) is 0 Å². The van der Waals surface area contributed by atoms with Crippen LogP contribution in [0.2, 0.25) is 0 Å². The molecule has 2 saturated heterocycles. The number of urea groups is 1. The summed E-state index contributed by atoms with van der Waals surface area (Å²) in [6, 6.07) is 10.6. The van der Waals surface area contributed by atoms with E-state index < -0.39 is 0 Å². The van der Waals surface area contributed by atoms with Crippen molar-refractivity contribution in [1.82, 2.24) is 19.8 Å². The molecule has 160 valence electrons. The number of likely N-dealkylation sites (tertiary alicyclic amines) is 1. The van der Waals surface area contributed by atoms with Crippen LogP contribution in [-0.2, 0) is 0 Å². The van der Waals surface area contributed by atoms with Gasteiger partial charge in [0, 0.05) is 51.6 Å². The molecule has 0 N–H and O–H groups in total. The van der Waals surface area contributed by atoms with E-state index in [1.165, 1.54) is 11.1 Å². The molecule has 2 amide bonds. The third-order valence-corrected chi connectivity index (χ3v) is 6.18. The maximum absolute atomic E-state index is 13.0. The standard InChI is InChI=1S/C22H29N5O3/c1-14-8-6-7-9-16(14)20-17-13-26(11-15(17)12-27(20)22(28)25(2)3)18-10-19(29-4)24-21(23-18)30-5/h6-10,15,17,20H,11-13H2,1-5H3/t15-,17-,20+/m1/s1. The van der Waals surface area contributed by atoms with E-state index in [0.29, 0.717) is 23.7 Å². The fourth-order valence-corrected chi connectivity index (χ4v) is 4.75. The Hall–Kier alpha value is -3.03. The predicted octanol–water partition coefficient (Wildman–Crippen LogP) is 2.59. The molecule has 8 nitrogen and oxygen atoms in total. The zero-order valence-electron chi connectivity index (χ0n) is 18.2. The minimum absolute atomic E-state index is 0.0433. The predicted molar refractivity (Wildman–Crippen MR) is 114 cm³/mol. The van der Waals surface area contributed by atoms with Crippen LogP contribution in [0.5, 0.6) is 11.9 Å². The van der Waals surface area contributed by atoms with Gasteiger partial charge in [0.2, 0.25) is 5.88 Å². The number of anilines is 1. The van der Waals surface area contributed by atoms with Crippen molar-refractivity contribution in [2.24, 2.45) is 11.8 Å². The van der Waals surface area contributed by atoms with E-state index in [9.17, 15) is 4.79 Å². The number of nitrogens with zero attached hydrogens (tertiary/aromatic N) is 5. The van der Waals surface area contributed by atoms with Crippen molar-refractivity contribution in [3.05, 3.63) is 41.5 Å². The third-order valence-electron chi connectivity index (χ3n) is 6.18. The second-order valence-corrected chi connectivity index (χ2v) is 8.21. The van der Waals surface area contributed by atoms with Crippen LogP contribution in [-0.4, -0.2) is 73.7 Å². The van der Waals surface area contributed by atoms with Crippen molar-refractivity contribution in [3.63, 3.8) is 0 Å². The molecule has 0 aliphatic carbocycles. The molecule has 1 aromatic carbocycles. The third kappa shape index (κ3) is 3.51. The van der Waals surface area contributed by atoms with Gasteiger partial charge in [-0.15, -0.1) is 0 Å². The van der Waals surface area contributed by atoms with E-state index >= 15 is 0 Å². The van der Waals surface area contributed by atoms with Gasteiger partial charge in [-0.05, 0) is 18.1 Å². The molecule has 0 radical (unpaired) electrons. The van der Waals surface area contributed by atoms with E-state index in [1.54, 1.807) is 19.1 Å². The largest absolute Gasteiger partial charge is 0.481 e. The van der Waals surface area contributed by atoms with Crippen LogP contribution < -0.4 is 14.4 Å². The van der Waals surface area contributed by atoms with Crippen LogP contribution >= 0.6 is 0 Å². The average Bonchev–Trinajstić information content (AvgIpc) is 3.31. The maximum atomic E-state index is 13.0. The summed E-state index contributed by atoms with van der Waals surface area (Å²) in [6.45, 7) is 4.49. The van der Waals surface area contributed by atoms with E-state index in [1.807, 2.05) is 31.1 Å². The van der Waals surface area contributed by atoms with Gasteiger partial charge in [-0.2, -0.15) is 9.97 Å². The van der Waals surface area contributed by atoms with Crippen molar-refractivity contribution in [2.75, 3.05) is 52.8 Å². The number of hydrogen-bond acceptors (Lipinski definition) is 6. The zero-order valence-corrected chi connectivity index (χ0v) is 18.2. The van der Waals surface area contributed by atoms with Gasteiger partial charge in [-0.25, -0.2) is 4.79 Å². The number of carbonyl (C=O) groups is 1. The van der Waals surface area contributed by atoms with Gasteiger partial charge in [0.25, 0.3) is 0 Å². The maximum Gasteiger partial charge on any atom is 0.321 e. The first-order chi connectivity index (χ1) is 14.4. The fraction of sp³-hybridized carbons (Fsp3) is 0.500. The van der Waals surface area contributed by atoms with E-state index in [-0.39, 0.29) is 12.1 Å². The van der Waals surface area contributed by atoms with Gasteiger partial charge in [0.15, 0.2) is 0 Å². The lowest BCUT2D eigenvalue weighted by Gasteiger charge is -2.32. The molecule has 3 atom stereocenters. The highest BCUT2D eigenvalue weighted by atomic mass is 16.5. The Morgan fingerprint density at radius 1 is 1.10 bits per heavy atom. The van der Waals surface area contributed by atoms with Gasteiger partial charge in [-0.3, -0.25) is 0 Å². The summed E-state index contributed by atoms with van der Waals surface area (Å²) in [5, 5.41) is 0. The minimum Gasteiger partial charge on any atom is -0.481 e. The number of amides is 2. The van der Waals surface area contributed by atoms with E-state index in [4.69, 9.17) is 9.47 Å². The summed E-state index contributed by atoms with van der Waals surface area (Å²) >= 11 is 0. The van der Waals surface area contributed by atoms with E-state index in [2.05, 4.69) is 40.0 Å². The molecule has 2 aromatic rings. The summed E-state index contributed by atoms with van der Waals surface area (Å²) < 4.78 is 10.6. The molecule has 0 saturated carbocycles. The first-order valence-corrected chi connectivity index (χ1v) is 10.2. The van der Waals surface area contributed by atoms with Crippen molar-refractivity contribution >= 4 is 11.8 Å². The van der Waals surface area contributed by atoms with Gasteiger partial charge in [-0.1, -0.05) is 24.3 Å². The first-order valence-electron chi connectivity index (χ1n) is 10.2. The first kappa shape index (κ1) is 20.3. The lowest BCUT2D eigenvalue weighted by atomic mass is 9.88. The van der Waals surface area contributed by atoms with Crippen molar-refractivity contribution in [3.8, 4) is 11.9 Å². The van der Waals surface area contributed by atoms with Crippen molar-refractivity contribution in [1.29, 1.82) is 0 Å². The van der Waals surface area contributed by atoms with Gasteiger partial charge in [0.05, 0.1) is 20.3 Å². The molecule has 0 unspecified atom stereocenters. The Balaban J connectivity index is 1.66. The highest BCUT2D eigenvalue weighted by molar-refractivity contribution is 5.75. The number of methoxy groups -OCH3 is 2. The second kappa shape index (κ2) is 8.01. The fourth-order valence-electron chi connectivity index (χ4n) is 4.75. The smallest absolute Gasteiger partial charge is 0.321 e. The summed E-state index contributed by atoms with van der Waals surface area (Å²) in [5.41, 5.74) is 2.43. The molecule has 30 heavy (non-hydrogen) atoms. The second-order valence-electron chi connectivity index (χ2n) is 8.21. The van der Waals surface area contributed by atoms with Gasteiger partial charge in [0.1, 0.15) is 5.82 Å². The summed E-state index contributed by atoms with van der Waals surface area (Å²) in [6.07, 6.45) is 0. The summed E-state index contributed by atoms with van der Waals surface area (Å²) in [5.74, 6) is 1.96. The number of aromatic nitrogens is 2. The molecule has 3 heterocycles. The Morgan fingerprint density at radius 2 is 1.87 bits per heavy atom. The molecule has 2 aliphatic rings. The van der Waals surface area contributed by atoms with Crippen LogP contribution in [0.3, 0.4) is 0 Å². The Morgan fingerprint density at radius 3 is 2.53 bits per heavy atom. The van der Waals surface area contributed by atoms with Crippen LogP contribution in [0.4, 0.5) is 10.6 Å². The highest BCUT2D eigenvalue weighted by Gasteiger charge is 2.50. The lowest BCUT2D eigenvalue weighted by molar-refractivity contribution is 0.159. The lowest BCUT2D eigenvalue weighted by Crippen LogP contribution is -2.41. The summed E-state index contributed by atoms with van der Waals surface area (Å²) in [7, 11) is 6.77. The van der Waals surface area contributed by atoms with E-state index in [0.717, 1.165) is 25.5 Å². The Bertz CT molecular complexity index is 912. The Labute approximate surface area is 177 Å². The minimum atomic E-state index is 0.0433. The molecule has 0 bridgehead atoms. The molecular formula is C22H29N5O3. The molecule has 2 fully saturated rings. The molecule has 8 heteroatoms. The highest BCUT2D eigenvalue weighted by Crippen LogP contribution is 2.47. The molecule has 0 spiro atoms. The Kier molecular flexibility index (Phi) is 5.40. The zero-order chi connectivity index (χ0) is 21.4. The van der Waals surface area contributed by atoms with Gasteiger partial charge >= 0.3 is 12.0 Å². The average molecular weight is 412 g/mol. The van der Waals surface area contributed by atoms with Crippen LogP contribution in [0.15, 0.2) is 30.3 Å². The molecular weight excluding hydrogens is 382 g/mol. The number of benzene rings is 1. The topological polar surface area (TPSA) is 71.0 Å². The number of aryl methyl sites for hydroxylation is 1. The number of fused-ring (bicyclic) bond motifs is 1. The van der Waals surface area contributed by atoms with Gasteiger partial charge < -0.3 is 24.2 Å².